The van der Waals surface area contributed by atoms with Gasteiger partial charge in [0, 0.05) is 47.0 Å². The summed E-state index contributed by atoms with van der Waals surface area (Å²) in [6.07, 6.45) is -0.0732. The van der Waals surface area contributed by atoms with Crippen molar-refractivity contribution >= 4 is 27.7 Å². The van der Waals surface area contributed by atoms with Crippen molar-refractivity contribution in [1.29, 1.82) is 0 Å². The molecule has 0 fully saturated rings. The van der Waals surface area contributed by atoms with Crippen molar-refractivity contribution in [3.63, 3.8) is 0 Å². The molecular weight excluding hydrogens is 686 g/mol. The Kier molecular flexibility index (Phi) is 11.8. The highest BCUT2D eigenvalue weighted by molar-refractivity contribution is 9.10. The van der Waals surface area contributed by atoms with Crippen LogP contribution in [0, 0.1) is 11.6 Å². The van der Waals surface area contributed by atoms with Gasteiger partial charge in [0.05, 0.1) is 13.2 Å². The van der Waals surface area contributed by atoms with Gasteiger partial charge in [0.15, 0.2) is 11.6 Å². The van der Waals surface area contributed by atoms with Crippen molar-refractivity contribution in [3.8, 4) is 5.75 Å². The molecule has 1 heterocycles. The number of amides is 1. The number of carbonyl (C=O) groups is 1. The maximum Gasteiger partial charge on any atom is 0.266 e. The number of aliphatic hydroxyl groups excluding tert-OH is 1. The Morgan fingerprint density at radius 3 is 2.48 bits per heavy atom. The summed E-state index contributed by atoms with van der Waals surface area (Å²) in [5.41, 5.74) is 16.3. The largest absolute Gasteiger partial charge is 0.494 e. The molecule has 4 aromatic rings. The highest BCUT2D eigenvalue weighted by Crippen LogP contribution is 2.44. The lowest BCUT2D eigenvalue weighted by molar-refractivity contribution is -0.130. The fourth-order valence-electron chi connectivity index (χ4n) is 5.43. The first kappa shape index (κ1) is 34.5. The van der Waals surface area contributed by atoms with E-state index in [1.807, 2.05) is 48.5 Å². The third kappa shape index (κ3) is 8.55. The van der Waals surface area contributed by atoms with Gasteiger partial charge in [-0.05, 0) is 82.7 Å². The van der Waals surface area contributed by atoms with Gasteiger partial charge in [-0.2, -0.15) is 0 Å². The summed E-state index contributed by atoms with van der Waals surface area (Å²) in [6, 6.07) is 25.1. The van der Waals surface area contributed by atoms with Gasteiger partial charge in [-0.25, -0.2) is 19.2 Å². The molecule has 1 aliphatic rings. The lowest BCUT2D eigenvalue weighted by Gasteiger charge is -2.32. The second kappa shape index (κ2) is 16.3. The van der Waals surface area contributed by atoms with E-state index >= 15 is 0 Å². The van der Waals surface area contributed by atoms with Crippen LogP contribution in [0.3, 0.4) is 0 Å². The number of nitrogens with one attached hydrogen (secondary N) is 2. The molecular formula is C35H33BrF2N6O4. The standard InChI is InChI=1S/C35H33BrF2N6O4/c36-27-10-6-23(7-11-27)21-35(34(46)43-40-15-14-24-18-28(37)20-29(38)19-24)32(31-5-2-1-4-26(31)22-41-44-39)48-33(42-35)25-8-12-30(13-9-25)47-17-3-16-45/h1-2,4-13,18-20,32,40,45H,3,14-17,21-22H2,(H,43,46)/t32-,35-/m0/s1. The summed E-state index contributed by atoms with van der Waals surface area (Å²) >= 11 is 3.47. The Morgan fingerprint density at radius 1 is 1.04 bits per heavy atom. The minimum absolute atomic E-state index is 0.0198. The fourth-order valence-corrected chi connectivity index (χ4v) is 5.69. The summed E-state index contributed by atoms with van der Waals surface area (Å²) in [7, 11) is 0. The van der Waals surface area contributed by atoms with E-state index in [1.165, 1.54) is 12.1 Å². The number of hydrogen-bond donors (Lipinski definition) is 3. The molecule has 0 bridgehead atoms. The molecule has 2 atom stereocenters. The van der Waals surface area contributed by atoms with Gasteiger partial charge in [-0.15, -0.1) is 0 Å². The molecule has 13 heteroatoms. The van der Waals surface area contributed by atoms with E-state index in [9.17, 15) is 13.6 Å². The van der Waals surface area contributed by atoms with E-state index < -0.39 is 29.2 Å². The number of nitrogens with zero attached hydrogens (tertiary/aromatic N) is 4. The first-order valence-electron chi connectivity index (χ1n) is 15.2. The topological polar surface area (TPSA) is 141 Å². The smallest absolute Gasteiger partial charge is 0.266 e. The summed E-state index contributed by atoms with van der Waals surface area (Å²) in [5.74, 6) is -1.04. The van der Waals surface area contributed by atoms with Crippen molar-refractivity contribution in [2.75, 3.05) is 19.8 Å². The van der Waals surface area contributed by atoms with Crippen LogP contribution < -0.4 is 15.6 Å². The third-order valence-electron chi connectivity index (χ3n) is 7.72. The molecule has 0 saturated carbocycles. The summed E-state index contributed by atoms with van der Waals surface area (Å²) in [4.78, 5) is 22.4. The number of azide groups is 1. The number of halogens is 3. The van der Waals surface area contributed by atoms with E-state index in [2.05, 4.69) is 36.8 Å². The van der Waals surface area contributed by atoms with Crippen molar-refractivity contribution in [3.05, 3.63) is 145 Å². The molecule has 3 N–H and O–H groups in total. The number of carbonyl (C=O) groups excluding carboxylic acids is 1. The lowest BCUT2D eigenvalue weighted by atomic mass is 9.81. The van der Waals surface area contributed by atoms with Gasteiger partial charge in [0.25, 0.3) is 5.91 Å². The van der Waals surface area contributed by atoms with E-state index in [-0.39, 0.29) is 38.4 Å². The Morgan fingerprint density at radius 2 is 1.77 bits per heavy atom. The highest BCUT2D eigenvalue weighted by atomic mass is 79.9. The van der Waals surface area contributed by atoms with E-state index in [0.717, 1.165) is 16.1 Å². The fraction of sp³-hybridized carbons (Fsp3) is 0.257. The number of aliphatic hydroxyl groups is 1. The Hall–Kier alpha value is -4.81. The highest BCUT2D eigenvalue weighted by Gasteiger charge is 2.54. The molecule has 0 aliphatic carbocycles. The van der Waals surface area contributed by atoms with E-state index in [1.54, 1.807) is 24.3 Å². The average Bonchev–Trinajstić information content (AvgIpc) is 3.47. The number of ether oxygens (including phenoxy) is 2. The Bertz CT molecular complexity index is 1780. The van der Waals surface area contributed by atoms with Crippen molar-refractivity contribution < 1.29 is 28.2 Å². The number of aliphatic imine (C=N–C) groups is 1. The molecule has 1 amide bonds. The molecule has 1 aliphatic heterocycles. The second-order valence-electron chi connectivity index (χ2n) is 11.1. The van der Waals surface area contributed by atoms with Crippen molar-refractivity contribution in [2.45, 2.75) is 37.5 Å². The van der Waals surface area contributed by atoms with Gasteiger partial charge in [-0.3, -0.25) is 10.2 Å². The van der Waals surface area contributed by atoms with Crippen LogP contribution in [0.1, 0.15) is 40.3 Å². The van der Waals surface area contributed by atoms with Crippen LogP contribution in [-0.2, 0) is 28.9 Å². The SMILES string of the molecule is [N-]=[N+]=NCc1ccccc1[C@@H]1OC(c2ccc(OCCCO)cc2)=N[C@]1(Cc1ccc(Br)cc1)C(=O)NNCCc1cc(F)cc(F)c1. The van der Waals surface area contributed by atoms with Gasteiger partial charge in [-0.1, -0.05) is 57.4 Å². The zero-order valence-corrected chi connectivity index (χ0v) is 27.4. The van der Waals surface area contributed by atoms with Crippen LogP contribution >= 0.6 is 15.9 Å². The van der Waals surface area contributed by atoms with Gasteiger partial charge in [0.2, 0.25) is 5.90 Å². The second-order valence-corrected chi connectivity index (χ2v) is 12.0. The molecule has 0 spiro atoms. The minimum atomic E-state index is -1.55. The summed E-state index contributed by atoms with van der Waals surface area (Å²) < 4.78 is 40.6. The molecule has 5 rings (SSSR count). The number of benzene rings is 4. The zero-order valence-electron chi connectivity index (χ0n) is 25.8. The molecule has 10 nitrogen and oxygen atoms in total. The molecule has 0 radical (unpaired) electrons. The minimum Gasteiger partial charge on any atom is -0.494 e. The normalized spacial score (nSPS) is 16.8. The number of rotatable bonds is 15. The summed E-state index contributed by atoms with van der Waals surface area (Å²) in [5, 5.41) is 12.8. The first-order valence-corrected chi connectivity index (χ1v) is 16.0. The van der Waals surface area contributed by atoms with Crippen molar-refractivity contribution in [2.24, 2.45) is 10.1 Å². The van der Waals surface area contributed by atoms with E-state index in [4.69, 9.17) is 25.1 Å². The molecule has 0 saturated heterocycles. The van der Waals surface area contributed by atoms with Crippen LogP contribution in [0.2, 0.25) is 0 Å². The maximum absolute atomic E-state index is 14.4. The lowest BCUT2D eigenvalue weighted by Crippen LogP contribution is -2.54. The van der Waals surface area contributed by atoms with Crippen molar-refractivity contribution in [1.82, 2.24) is 10.9 Å². The van der Waals surface area contributed by atoms with Crippen LogP contribution in [0.5, 0.6) is 5.75 Å². The predicted molar refractivity (Wildman–Crippen MR) is 180 cm³/mol. The Labute approximate surface area is 284 Å². The summed E-state index contributed by atoms with van der Waals surface area (Å²) in [6.45, 7) is 0.581. The van der Waals surface area contributed by atoms with Crippen LogP contribution in [0.15, 0.2) is 106 Å². The quantitative estimate of drug-likeness (QED) is 0.0415. The number of hydrazine groups is 1. The first-order chi connectivity index (χ1) is 23.3. The maximum atomic E-state index is 14.4. The zero-order chi connectivity index (χ0) is 33.9. The molecule has 0 aromatic heterocycles. The molecule has 248 valence electrons. The third-order valence-corrected chi connectivity index (χ3v) is 8.25. The van der Waals surface area contributed by atoms with Crippen LogP contribution in [0.4, 0.5) is 8.78 Å². The number of hydrogen-bond acceptors (Lipinski definition) is 7. The monoisotopic (exact) mass is 718 g/mol. The van der Waals surface area contributed by atoms with E-state index in [0.29, 0.717) is 41.0 Å². The average molecular weight is 720 g/mol. The molecule has 0 unspecified atom stereocenters. The molecule has 48 heavy (non-hydrogen) atoms. The van der Waals surface area contributed by atoms with Gasteiger partial charge >= 0.3 is 0 Å². The van der Waals surface area contributed by atoms with Crippen LogP contribution in [0.25, 0.3) is 10.4 Å². The Balaban J connectivity index is 1.52. The van der Waals surface area contributed by atoms with Gasteiger partial charge < -0.3 is 14.6 Å². The molecule has 4 aromatic carbocycles. The predicted octanol–water partition coefficient (Wildman–Crippen LogP) is 6.66. The van der Waals surface area contributed by atoms with Crippen LogP contribution in [-0.4, -0.2) is 42.2 Å². The van der Waals surface area contributed by atoms with Gasteiger partial charge in [0.1, 0.15) is 17.4 Å².